The Morgan fingerprint density at radius 2 is 1.85 bits per heavy atom. The van der Waals surface area contributed by atoms with Gasteiger partial charge in [0.15, 0.2) is 0 Å². The van der Waals surface area contributed by atoms with E-state index in [9.17, 15) is 9.90 Å². The summed E-state index contributed by atoms with van der Waals surface area (Å²) in [4.78, 5) is 11.7. The Bertz CT molecular complexity index is 466. The van der Waals surface area contributed by atoms with Crippen LogP contribution in [0.5, 0.6) is 0 Å². The largest absolute Gasteiger partial charge is 0.444 e. The van der Waals surface area contributed by atoms with Gasteiger partial charge >= 0.3 is 6.09 Å². The van der Waals surface area contributed by atoms with Crippen molar-refractivity contribution in [1.29, 1.82) is 0 Å². The number of carbonyl (C=O) groups is 1. The molecule has 0 saturated carbocycles. The van der Waals surface area contributed by atoms with Crippen molar-refractivity contribution in [3.05, 3.63) is 35.4 Å². The van der Waals surface area contributed by atoms with Crippen LogP contribution >= 0.6 is 0 Å². The summed E-state index contributed by atoms with van der Waals surface area (Å²) in [6.07, 6.45) is 1.14. The molecule has 4 heteroatoms. The van der Waals surface area contributed by atoms with Crippen molar-refractivity contribution in [2.24, 2.45) is 5.41 Å². The molecule has 1 aliphatic carbocycles. The fourth-order valence-corrected chi connectivity index (χ4v) is 2.64. The van der Waals surface area contributed by atoms with E-state index in [0.717, 1.165) is 12.8 Å². The van der Waals surface area contributed by atoms with Crippen LogP contribution in [0.1, 0.15) is 31.9 Å². The molecule has 20 heavy (non-hydrogen) atoms. The second-order valence-electron chi connectivity index (χ2n) is 6.64. The Morgan fingerprint density at radius 3 is 2.30 bits per heavy atom. The van der Waals surface area contributed by atoms with Crippen molar-refractivity contribution in [2.75, 3.05) is 13.2 Å². The molecule has 0 fully saturated rings. The van der Waals surface area contributed by atoms with E-state index < -0.39 is 11.7 Å². The molecule has 0 atom stereocenters. The predicted molar refractivity (Wildman–Crippen MR) is 77.6 cm³/mol. The molecule has 2 rings (SSSR count). The molecule has 0 aromatic heterocycles. The molecule has 4 nitrogen and oxygen atoms in total. The van der Waals surface area contributed by atoms with Gasteiger partial charge in [-0.3, -0.25) is 0 Å². The van der Waals surface area contributed by atoms with Crippen LogP contribution in [-0.2, 0) is 17.6 Å². The van der Waals surface area contributed by atoms with Gasteiger partial charge in [-0.25, -0.2) is 4.79 Å². The van der Waals surface area contributed by atoms with Gasteiger partial charge < -0.3 is 15.2 Å². The minimum Gasteiger partial charge on any atom is -0.444 e. The molecule has 0 bridgehead atoms. The van der Waals surface area contributed by atoms with Crippen LogP contribution in [0, 0.1) is 5.41 Å². The smallest absolute Gasteiger partial charge is 0.407 e. The van der Waals surface area contributed by atoms with Crippen LogP contribution in [0.3, 0.4) is 0 Å². The topological polar surface area (TPSA) is 58.6 Å². The maximum atomic E-state index is 11.7. The number of amides is 1. The average Bonchev–Trinajstić information content (AvgIpc) is 2.73. The number of ether oxygens (including phenoxy) is 1. The lowest BCUT2D eigenvalue weighted by molar-refractivity contribution is 0.0473. The second kappa shape index (κ2) is 5.44. The fourth-order valence-electron chi connectivity index (χ4n) is 2.64. The Hall–Kier alpha value is -1.55. The minimum atomic E-state index is -0.505. The fraction of sp³-hybridized carbons (Fsp3) is 0.562. The standard InChI is InChI=1S/C16H23NO3/c1-15(2,3)20-14(19)17-10-16(11-18)8-12-6-4-5-7-13(12)9-16/h4-7,18H,8-11H2,1-3H3,(H,17,19). The van der Waals surface area contributed by atoms with Crippen LogP contribution in [-0.4, -0.2) is 30.0 Å². The Balaban J connectivity index is 1.96. The molecule has 0 aliphatic heterocycles. The number of fused-ring (bicyclic) bond motifs is 1. The van der Waals surface area contributed by atoms with Crippen molar-refractivity contribution < 1.29 is 14.6 Å². The third-order valence-electron chi connectivity index (χ3n) is 3.59. The van der Waals surface area contributed by atoms with Gasteiger partial charge in [0, 0.05) is 12.0 Å². The van der Waals surface area contributed by atoms with Crippen LogP contribution in [0.2, 0.25) is 0 Å². The highest BCUT2D eigenvalue weighted by Gasteiger charge is 2.37. The highest BCUT2D eigenvalue weighted by molar-refractivity contribution is 5.67. The van der Waals surface area contributed by atoms with E-state index in [1.807, 2.05) is 32.9 Å². The number of nitrogens with one attached hydrogen (secondary N) is 1. The number of aliphatic hydroxyl groups excluding tert-OH is 1. The minimum absolute atomic E-state index is 0.0531. The predicted octanol–water partition coefficient (Wildman–Crippen LogP) is 2.29. The summed E-state index contributed by atoms with van der Waals surface area (Å²) in [6, 6.07) is 8.18. The molecular weight excluding hydrogens is 254 g/mol. The number of rotatable bonds is 3. The molecule has 0 radical (unpaired) electrons. The first kappa shape index (κ1) is 14.9. The first-order chi connectivity index (χ1) is 9.34. The van der Waals surface area contributed by atoms with E-state index in [-0.39, 0.29) is 12.0 Å². The number of aliphatic hydroxyl groups is 1. The van der Waals surface area contributed by atoms with Gasteiger partial charge in [0.05, 0.1) is 6.61 Å². The normalized spacial score (nSPS) is 16.6. The third-order valence-corrected chi connectivity index (χ3v) is 3.59. The Labute approximate surface area is 120 Å². The highest BCUT2D eigenvalue weighted by Crippen LogP contribution is 2.36. The van der Waals surface area contributed by atoms with Gasteiger partial charge in [0.1, 0.15) is 5.60 Å². The van der Waals surface area contributed by atoms with Crippen molar-refractivity contribution in [3.63, 3.8) is 0 Å². The van der Waals surface area contributed by atoms with Crippen LogP contribution in [0.15, 0.2) is 24.3 Å². The number of hydrogen-bond acceptors (Lipinski definition) is 3. The average molecular weight is 277 g/mol. The van der Waals surface area contributed by atoms with Crippen LogP contribution in [0.25, 0.3) is 0 Å². The van der Waals surface area contributed by atoms with Crippen molar-refractivity contribution in [2.45, 2.75) is 39.2 Å². The summed E-state index contributed by atoms with van der Waals surface area (Å²) in [5, 5.41) is 12.5. The summed E-state index contributed by atoms with van der Waals surface area (Å²) in [5.41, 5.74) is 1.70. The summed E-state index contributed by atoms with van der Waals surface area (Å²) >= 11 is 0. The maximum Gasteiger partial charge on any atom is 0.407 e. The number of benzene rings is 1. The molecule has 1 aromatic carbocycles. The lowest BCUT2D eigenvalue weighted by atomic mass is 9.85. The molecule has 1 aliphatic rings. The summed E-state index contributed by atoms with van der Waals surface area (Å²) in [6.45, 7) is 5.98. The Morgan fingerprint density at radius 1 is 1.30 bits per heavy atom. The third kappa shape index (κ3) is 3.51. The molecule has 1 amide bonds. The monoisotopic (exact) mass is 277 g/mol. The van der Waals surface area contributed by atoms with Gasteiger partial charge in [-0.15, -0.1) is 0 Å². The van der Waals surface area contributed by atoms with Crippen LogP contribution in [0.4, 0.5) is 4.79 Å². The van der Waals surface area contributed by atoms with E-state index in [1.54, 1.807) is 0 Å². The summed E-state index contributed by atoms with van der Waals surface area (Å²) < 4.78 is 5.23. The Kier molecular flexibility index (Phi) is 4.04. The maximum absolute atomic E-state index is 11.7. The number of hydrogen-bond donors (Lipinski definition) is 2. The van der Waals surface area contributed by atoms with E-state index in [1.165, 1.54) is 11.1 Å². The molecule has 0 unspecified atom stereocenters. The van der Waals surface area contributed by atoms with E-state index in [4.69, 9.17) is 4.74 Å². The molecular formula is C16H23NO3. The van der Waals surface area contributed by atoms with Crippen molar-refractivity contribution in [3.8, 4) is 0 Å². The molecule has 2 N–H and O–H groups in total. The van der Waals surface area contributed by atoms with Gasteiger partial charge in [0.2, 0.25) is 0 Å². The van der Waals surface area contributed by atoms with Gasteiger partial charge in [-0.1, -0.05) is 24.3 Å². The lowest BCUT2D eigenvalue weighted by Crippen LogP contribution is -2.42. The highest BCUT2D eigenvalue weighted by atomic mass is 16.6. The van der Waals surface area contributed by atoms with Gasteiger partial charge in [-0.2, -0.15) is 0 Å². The molecule has 1 aromatic rings. The zero-order chi connectivity index (χ0) is 14.8. The number of carbonyl (C=O) groups excluding carboxylic acids is 1. The van der Waals surface area contributed by atoms with E-state index in [2.05, 4.69) is 17.4 Å². The molecule has 0 saturated heterocycles. The van der Waals surface area contributed by atoms with E-state index in [0.29, 0.717) is 6.54 Å². The summed E-state index contributed by atoms with van der Waals surface area (Å²) in [7, 11) is 0. The van der Waals surface area contributed by atoms with Gasteiger partial charge in [0.25, 0.3) is 0 Å². The van der Waals surface area contributed by atoms with Crippen LogP contribution < -0.4 is 5.32 Å². The first-order valence-electron chi connectivity index (χ1n) is 6.98. The quantitative estimate of drug-likeness (QED) is 0.891. The van der Waals surface area contributed by atoms with Crippen molar-refractivity contribution in [1.82, 2.24) is 5.32 Å². The zero-order valence-electron chi connectivity index (χ0n) is 12.4. The van der Waals surface area contributed by atoms with Gasteiger partial charge in [-0.05, 0) is 44.7 Å². The van der Waals surface area contributed by atoms with Crippen molar-refractivity contribution >= 4 is 6.09 Å². The molecule has 110 valence electrons. The first-order valence-corrected chi connectivity index (χ1v) is 6.98. The lowest BCUT2D eigenvalue weighted by Gasteiger charge is -2.28. The second-order valence-corrected chi connectivity index (χ2v) is 6.64. The number of alkyl carbamates (subject to hydrolysis) is 1. The summed E-state index contributed by atoms with van der Waals surface area (Å²) in [5.74, 6) is 0. The molecule has 0 heterocycles. The zero-order valence-corrected chi connectivity index (χ0v) is 12.4. The SMILES string of the molecule is CC(C)(C)OC(=O)NCC1(CO)Cc2ccccc2C1. The van der Waals surface area contributed by atoms with E-state index >= 15 is 0 Å². The molecule has 0 spiro atoms.